The number of carbonyl (C=O) groups is 2. The molecule has 1 aliphatic rings. The Kier molecular flexibility index (Phi) is 12.7. The van der Waals surface area contributed by atoms with Gasteiger partial charge < -0.3 is 10.1 Å². The molecule has 1 aliphatic heterocycles. The summed E-state index contributed by atoms with van der Waals surface area (Å²) in [5, 5.41) is 2.95. The average Bonchev–Trinajstić information content (AvgIpc) is 2.57. The zero-order valence-electron chi connectivity index (χ0n) is 15.9. The molecular weight excluding hydrogens is 314 g/mol. The largest absolute Gasteiger partial charge is 0.431 e. The molecule has 0 saturated carbocycles. The van der Waals surface area contributed by atoms with Crippen molar-refractivity contribution in [1.29, 1.82) is 0 Å². The lowest BCUT2D eigenvalue weighted by atomic mass is 10.0. The molecule has 0 bridgehead atoms. The monoisotopic (exact) mass is 349 g/mol. The summed E-state index contributed by atoms with van der Waals surface area (Å²) in [4.78, 5) is 23.0. The smallest absolute Gasteiger partial charge is 0.307 e. The van der Waals surface area contributed by atoms with Crippen LogP contribution < -0.4 is 5.32 Å². The Bertz CT molecular complexity index is 440. The molecule has 0 atom stereocenters. The fourth-order valence-electron chi connectivity index (χ4n) is 3.02. The van der Waals surface area contributed by atoms with Crippen LogP contribution in [0, 0.1) is 0 Å². The highest BCUT2D eigenvalue weighted by atomic mass is 16.5. The normalized spacial score (nSPS) is 23.6. The number of nitrogens with one attached hydrogen (secondary N) is 1. The van der Waals surface area contributed by atoms with E-state index in [0.29, 0.717) is 12.2 Å². The first-order valence-corrected chi connectivity index (χ1v) is 9.99. The van der Waals surface area contributed by atoms with Crippen molar-refractivity contribution in [3.63, 3.8) is 0 Å². The third-order valence-electron chi connectivity index (χ3n) is 4.42. The van der Waals surface area contributed by atoms with Crippen molar-refractivity contribution in [2.45, 2.75) is 90.4 Å². The second-order valence-corrected chi connectivity index (χ2v) is 6.85. The number of rotatable bonds is 1. The molecule has 0 aromatic carbocycles. The molecule has 4 heteroatoms. The lowest BCUT2D eigenvalue weighted by Gasteiger charge is -2.07. The molecule has 0 unspecified atom stereocenters. The molecule has 0 aliphatic carbocycles. The molecule has 0 saturated heterocycles. The van der Waals surface area contributed by atoms with Crippen molar-refractivity contribution >= 4 is 11.9 Å². The van der Waals surface area contributed by atoms with Crippen LogP contribution in [-0.4, -0.2) is 18.4 Å². The summed E-state index contributed by atoms with van der Waals surface area (Å²) in [5.41, 5.74) is 0. The van der Waals surface area contributed by atoms with Crippen molar-refractivity contribution in [3.8, 4) is 0 Å². The van der Waals surface area contributed by atoms with E-state index < -0.39 is 0 Å². The Morgan fingerprint density at radius 2 is 1.48 bits per heavy atom. The highest BCUT2D eigenvalue weighted by molar-refractivity contribution is 5.77. The van der Waals surface area contributed by atoms with Crippen LogP contribution in [0.15, 0.2) is 24.0 Å². The summed E-state index contributed by atoms with van der Waals surface area (Å²) in [6, 6.07) is 0. The van der Waals surface area contributed by atoms with Crippen LogP contribution in [0.4, 0.5) is 0 Å². The van der Waals surface area contributed by atoms with E-state index in [2.05, 4.69) is 5.32 Å². The van der Waals surface area contributed by atoms with Gasteiger partial charge in [0.1, 0.15) is 5.76 Å². The number of hydrogen-bond donors (Lipinski definition) is 1. The van der Waals surface area contributed by atoms with Crippen molar-refractivity contribution in [3.05, 3.63) is 24.0 Å². The van der Waals surface area contributed by atoms with Crippen molar-refractivity contribution in [2.24, 2.45) is 0 Å². The molecule has 0 spiro atoms. The van der Waals surface area contributed by atoms with Gasteiger partial charge in [-0.3, -0.25) is 9.59 Å². The average molecular weight is 350 g/mol. The van der Waals surface area contributed by atoms with Gasteiger partial charge in [-0.15, -0.1) is 0 Å². The Morgan fingerprint density at radius 3 is 2.08 bits per heavy atom. The molecule has 1 amide bonds. The van der Waals surface area contributed by atoms with E-state index in [0.717, 1.165) is 25.8 Å². The molecular formula is C21H35NO3. The van der Waals surface area contributed by atoms with Crippen LogP contribution >= 0.6 is 0 Å². The Labute approximate surface area is 153 Å². The minimum Gasteiger partial charge on any atom is -0.431 e. The molecule has 1 N–H and O–H groups in total. The van der Waals surface area contributed by atoms with Gasteiger partial charge in [-0.05, 0) is 18.9 Å². The van der Waals surface area contributed by atoms with Gasteiger partial charge in [0.25, 0.3) is 0 Å². The summed E-state index contributed by atoms with van der Waals surface area (Å²) in [6.45, 7) is 2.19. The van der Waals surface area contributed by atoms with Crippen molar-refractivity contribution in [1.82, 2.24) is 5.32 Å². The molecule has 4 nitrogen and oxygen atoms in total. The van der Waals surface area contributed by atoms with Gasteiger partial charge >= 0.3 is 5.97 Å². The minimum absolute atomic E-state index is 0.0492. The third kappa shape index (κ3) is 13.4. The molecule has 0 aromatic heterocycles. The van der Waals surface area contributed by atoms with Crippen LogP contribution in [0.3, 0.4) is 0 Å². The molecule has 25 heavy (non-hydrogen) atoms. The van der Waals surface area contributed by atoms with E-state index >= 15 is 0 Å². The lowest BCUT2D eigenvalue weighted by molar-refractivity contribution is -0.137. The molecule has 1 heterocycles. The Balaban J connectivity index is 2.48. The van der Waals surface area contributed by atoms with Crippen molar-refractivity contribution < 1.29 is 14.3 Å². The van der Waals surface area contributed by atoms with E-state index in [1.165, 1.54) is 64.7 Å². The first kappa shape index (κ1) is 21.5. The number of carbonyl (C=O) groups excluding carboxylic acids is 2. The van der Waals surface area contributed by atoms with Gasteiger partial charge in [-0.25, -0.2) is 0 Å². The standard InChI is InChI=1S/C21H35NO3/c1-19(23)25-20-15-11-9-7-5-3-2-4-6-8-10-14-18-22-21(24)17-13-12-16-20/h12-13,16H,2-11,14-15,17-18H2,1H3,(H,22,24)/b13-12+,20-16+. The zero-order valence-corrected chi connectivity index (χ0v) is 15.9. The third-order valence-corrected chi connectivity index (χ3v) is 4.42. The van der Waals surface area contributed by atoms with E-state index in [-0.39, 0.29) is 11.9 Å². The van der Waals surface area contributed by atoms with Gasteiger partial charge in [0.2, 0.25) is 5.91 Å². The van der Waals surface area contributed by atoms with Gasteiger partial charge in [0, 0.05) is 26.3 Å². The summed E-state index contributed by atoms with van der Waals surface area (Å²) in [5.74, 6) is 0.457. The summed E-state index contributed by atoms with van der Waals surface area (Å²) < 4.78 is 5.26. The van der Waals surface area contributed by atoms with Gasteiger partial charge in [-0.2, -0.15) is 0 Å². The highest BCUT2D eigenvalue weighted by Gasteiger charge is 2.02. The lowest BCUT2D eigenvalue weighted by Crippen LogP contribution is -2.23. The van der Waals surface area contributed by atoms with Crippen molar-refractivity contribution in [2.75, 3.05) is 6.54 Å². The number of amides is 1. The zero-order chi connectivity index (χ0) is 18.2. The minimum atomic E-state index is -0.285. The Hall–Kier alpha value is -1.58. The quantitative estimate of drug-likeness (QED) is 0.663. The second kappa shape index (κ2) is 14.7. The molecule has 0 fully saturated rings. The van der Waals surface area contributed by atoms with E-state index in [1.807, 2.05) is 18.2 Å². The van der Waals surface area contributed by atoms with E-state index in [9.17, 15) is 9.59 Å². The fourth-order valence-corrected chi connectivity index (χ4v) is 3.02. The van der Waals surface area contributed by atoms with Crippen LogP contribution in [0.5, 0.6) is 0 Å². The molecule has 0 aromatic rings. The van der Waals surface area contributed by atoms with Crippen LogP contribution in [0.1, 0.15) is 90.4 Å². The van der Waals surface area contributed by atoms with Gasteiger partial charge in [0.15, 0.2) is 0 Å². The Morgan fingerprint density at radius 1 is 0.920 bits per heavy atom. The topological polar surface area (TPSA) is 55.4 Å². The second-order valence-electron chi connectivity index (χ2n) is 6.85. The first-order chi connectivity index (χ1) is 12.2. The predicted octanol–water partition coefficient (Wildman–Crippen LogP) is 5.19. The SMILES string of the molecule is CC(=O)O/C1=C/C=C/CC(=O)NCCCCCCCCCCCCC1. The van der Waals surface area contributed by atoms with E-state index in [4.69, 9.17) is 4.74 Å². The maximum absolute atomic E-state index is 11.8. The summed E-state index contributed by atoms with van der Waals surface area (Å²) in [6.07, 6.45) is 20.2. The van der Waals surface area contributed by atoms with Gasteiger partial charge in [0.05, 0.1) is 0 Å². The maximum Gasteiger partial charge on any atom is 0.307 e. The number of ether oxygens (including phenoxy) is 1. The fraction of sp³-hybridized carbons (Fsp3) is 0.714. The molecule has 0 radical (unpaired) electrons. The van der Waals surface area contributed by atoms with Crippen LogP contribution in [0.2, 0.25) is 0 Å². The molecule has 142 valence electrons. The summed E-state index contributed by atoms with van der Waals surface area (Å²) >= 11 is 0. The highest BCUT2D eigenvalue weighted by Crippen LogP contribution is 2.15. The molecule has 1 rings (SSSR count). The maximum atomic E-state index is 11.8. The number of hydrogen-bond acceptors (Lipinski definition) is 3. The summed E-state index contributed by atoms with van der Waals surface area (Å²) in [7, 11) is 0. The van der Waals surface area contributed by atoms with Crippen LogP contribution in [0.25, 0.3) is 0 Å². The number of esters is 1. The van der Waals surface area contributed by atoms with Crippen LogP contribution in [-0.2, 0) is 14.3 Å². The number of allylic oxidation sites excluding steroid dienone is 3. The predicted molar refractivity (Wildman–Crippen MR) is 102 cm³/mol. The van der Waals surface area contributed by atoms with Gasteiger partial charge in [-0.1, -0.05) is 69.9 Å². The van der Waals surface area contributed by atoms with E-state index in [1.54, 1.807) is 0 Å². The first-order valence-electron chi connectivity index (χ1n) is 9.99.